The number of benzene rings is 1. The van der Waals surface area contributed by atoms with Crippen LogP contribution >= 0.6 is 0 Å². The molecule has 23 heavy (non-hydrogen) atoms. The molecule has 3 aromatic rings. The number of hydrogen-bond donors (Lipinski definition) is 0. The summed E-state index contributed by atoms with van der Waals surface area (Å²) in [5.41, 5.74) is 4.75. The van der Waals surface area contributed by atoms with E-state index in [1.54, 1.807) is 7.11 Å². The first-order valence-electron chi connectivity index (χ1n) is 8.45. The lowest BCUT2D eigenvalue weighted by atomic mass is 9.98. The predicted octanol–water partition coefficient (Wildman–Crippen LogP) is 4.74. The molecule has 0 saturated heterocycles. The molecular formula is C20H22N2O. The summed E-state index contributed by atoms with van der Waals surface area (Å²) in [4.78, 5) is 0. The van der Waals surface area contributed by atoms with Gasteiger partial charge in [0.05, 0.1) is 13.3 Å². The predicted molar refractivity (Wildman–Crippen MR) is 92.8 cm³/mol. The molecule has 2 heterocycles. The molecule has 0 spiro atoms. The Kier molecular flexibility index (Phi) is 3.78. The Morgan fingerprint density at radius 1 is 1.13 bits per heavy atom. The van der Waals surface area contributed by atoms with Crippen LogP contribution in [0.5, 0.6) is 5.75 Å². The highest BCUT2D eigenvalue weighted by Gasteiger charge is 2.19. The summed E-state index contributed by atoms with van der Waals surface area (Å²) in [5, 5.41) is 4.59. The number of fused-ring (bicyclic) bond motifs is 1. The van der Waals surface area contributed by atoms with Crippen molar-refractivity contribution in [1.29, 1.82) is 0 Å². The van der Waals surface area contributed by atoms with Crippen LogP contribution < -0.4 is 4.74 Å². The number of rotatable bonds is 4. The van der Waals surface area contributed by atoms with E-state index in [0.717, 1.165) is 29.2 Å². The van der Waals surface area contributed by atoms with Crippen molar-refractivity contribution >= 4 is 5.52 Å². The van der Waals surface area contributed by atoms with E-state index in [2.05, 4.69) is 41.6 Å². The van der Waals surface area contributed by atoms with Gasteiger partial charge in [-0.3, -0.25) is 0 Å². The van der Waals surface area contributed by atoms with Crippen LogP contribution in [-0.4, -0.2) is 16.7 Å². The van der Waals surface area contributed by atoms with Gasteiger partial charge in [-0.2, -0.15) is 5.10 Å². The summed E-state index contributed by atoms with van der Waals surface area (Å²) in [6, 6.07) is 12.5. The van der Waals surface area contributed by atoms with E-state index in [4.69, 9.17) is 4.74 Å². The highest BCUT2D eigenvalue weighted by atomic mass is 16.5. The van der Waals surface area contributed by atoms with Crippen molar-refractivity contribution in [1.82, 2.24) is 9.61 Å². The normalized spacial score (nSPS) is 15.3. The van der Waals surface area contributed by atoms with Crippen molar-refractivity contribution in [3.05, 3.63) is 54.4 Å². The third-order valence-corrected chi connectivity index (χ3v) is 4.96. The minimum atomic E-state index is 0.807. The van der Waals surface area contributed by atoms with Crippen LogP contribution in [0.2, 0.25) is 0 Å². The van der Waals surface area contributed by atoms with Gasteiger partial charge in [-0.05, 0) is 24.0 Å². The lowest BCUT2D eigenvalue weighted by Gasteiger charge is -2.11. The second-order valence-corrected chi connectivity index (χ2v) is 6.48. The molecule has 1 saturated carbocycles. The first kappa shape index (κ1) is 14.3. The summed E-state index contributed by atoms with van der Waals surface area (Å²) in [7, 11) is 1.75. The lowest BCUT2D eigenvalue weighted by Crippen LogP contribution is -2.00. The van der Waals surface area contributed by atoms with E-state index in [1.165, 1.54) is 36.8 Å². The average molecular weight is 306 g/mol. The molecule has 0 atom stereocenters. The molecule has 0 N–H and O–H groups in total. The van der Waals surface area contributed by atoms with Crippen molar-refractivity contribution in [2.75, 3.05) is 7.11 Å². The zero-order valence-electron chi connectivity index (χ0n) is 13.5. The second kappa shape index (κ2) is 6.07. The molecule has 3 nitrogen and oxygen atoms in total. The number of hydrogen-bond acceptors (Lipinski definition) is 2. The van der Waals surface area contributed by atoms with E-state index in [9.17, 15) is 0 Å². The Bertz CT molecular complexity index is 801. The maximum atomic E-state index is 5.69. The molecule has 3 heteroatoms. The fourth-order valence-corrected chi connectivity index (χ4v) is 3.76. The molecule has 1 fully saturated rings. The SMILES string of the molecule is COc1cc(-c2ccccc2)cn2ncc(CC3CCCC3)c12. The highest BCUT2D eigenvalue weighted by Crippen LogP contribution is 2.33. The Morgan fingerprint density at radius 2 is 1.91 bits per heavy atom. The van der Waals surface area contributed by atoms with E-state index in [-0.39, 0.29) is 0 Å². The molecule has 0 aliphatic heterocycles. The zero-order chi connectivity index (χ0) is 15.6. The van der Waals surface area contributed by atoms with Crippen LogP contribution in [0.15, 0.2) is 48.8 Å². The second-order valence-electron chi connectivity index (χ2n) is 6.48. The molecule has 4 rings (SSSR count). The summed E-state index contributed by atoms with van der Waals surface area (Å²) in [5.74, 6) is 1.72. The summed E-state index contributed by atoms with van der Waals surface area (Å²) >= 11 is 0. The van der Waals surface area contributed by atoms with Crippen molar-refractivity contribution in [2.45, 2.75) is 32.1 Å². The molecule has 1 aromatic carbocycles. The summed E-state index contributed by atoms with van der Waals surface area (Å²) in [6.45, 7) is 0. The molecule has 1 aliphatic rings. The van der Waals surface area contributed by atoms with Gasteiger partial charge in [0.25, 0.3) is 0 Å². The quantitative estimate of drug-likeness (QED) is 0.696. The van der Waals surface area contributed by atoms with Gasteiger partial charge in [-0.15, -0.1) is 0 Å². The van der Waals surface area contributed by atoms with Crippen LogP contribution in [0.1, 0.15) is 31.2 Å². The maximum absolute atomic E-state index is 5.69. The molecule has 118 valence electrons. The molecule has 2 aromatic heterocycles. The number of methoxy groups -OCH3 is 1. The number of aromatic nitrogens is 2. The van der Waals surface area contributed by atoms with Crippen LogP contribution in [0.25, 0.3) is 16.6 Å². The maximum Gasteiger partial charge on any atom is 0.145 e. The van der Waals surface area contributed by atoms with Crippen LogP contribution in [-0.2, 0) is 6.42 Å². The molecule has 0 bridgehead atoms. The van der Waals surface area contributed by atoms with Gasteiger partial charge < -0.3 is 4.74 Å². The molecular weight excluding hydrogens is 284 g/mol. The Hall–Kier alpha value is -2.29. The fraction of sp³-hybridized carbons (Fsp3) is 0.350. The molecule has 0 radical (unpaired) electrons. The zero-order valence-corrected chi connectivity index (χ0v) is 13.5. The standard InChI is InChI=1S/C20H22N2O/c1-23-19-12-18(16-9-3-2-4-10-16)14-22-20(19)17(13-21-22)11-15-7-5-6-8-15/h2-4,9-10,12-15H,5-8,11H2,1H3. The van der Waals surface area contributed by atoms with E-state index in [1.807, 2.05) is 16.8 Å². The molecule has 0 amide bonds. The van der Waals surface area contributed by atoms with Gasteiger partial charge >= 0.3 is 0 Å². The fourth-order valence-electron chi connectivity index (χ4n) is 3.76. The number of nitrogens with zero attached hydrogens (tertiary/aromatic N) is 2. The first-order chi connectivity index (χ1) is 11.3. The van der Waals surface area contributed by atoms with Crippen molar-refractivity contribution in [2.24, 2.45) is 5.92 Å². The minimum absolute atomic E-state index is 0.807. The molecule has 1 aliphatic carbocycles. The number of pyridine rings is 1. The third-order valence-electron chi connectivity index (χ3n) is 4.96. The summed E-state index contributed by atoms with van der Waals surface area (Å²) in [6.07, 6.45) is 10.7. The lowest BCUT2D eigenvalue weighted by molar-refractivity contribution is 0.417. The Morgan fingerprint density at radius 3 is 2.65 bits per heavy atom. The van der Waals surface area contributed by atoms with Crippen molar-refractivity contribution < 1.29 is 4.74 Å². The highest BCUT2D eigenvalue weighted by molar-refractivity contribution is 5.73. The summed E-state index contributed by atoms with van der Waals surface area (Å²) < 4.78 is 7.67. The van der Waals surface area contributed by atoms with Crippen LogP contribution in [0.3, 0.4) is 0 Å². The van der Waals surface area contributed by atoms with Gasteiger partial charge in [-0.25, -0.2) is 4.52 Å². The topological polar surface area (TPSA) is 26.5 Å². The average Bonchev–Trinajstić information content (AvgIpc) is 3.25. The van der Waals surface area contributed by atoms with Crippen molar-refractivity contribution in [3.8, 4) is 16.9 Å². The van der Waals surface area contributed by atoms with Crippen LogP contribution in [0, 0.1) is 5.92 Å². The smallest absolute Gasteiger partial charge is 0.145 e. The monoisotopic (exact) mass is 306 g/mol. The van der Waals surface area contributed by atoms with Gasteiger partial charge in [0.2, 0.25) is 0 Å². The van der Waals surface area contributed by atoms with Gasteiger partial charge in [-0.1, -0.05) is 56.0 Å². The third kappa shape index (κ3) is 2.72. The van der Waals surface area contributed by atoms with Crippen LogP contribution in [0.4, 0.5) is 0 Å². The largest absolute Gasteiger partial charge is 0.494 e. The van der Waals surface area contributed by atoms with E-state index < -0.39 is 0 Å². The van der Waals surface area contributed by atoms with Gasteiger partial charge in [0, 0.05) is 17.3 Å². The van der Waals surface area contributed by atoms with Crippen molar-refractivity contribution in [3.63, 3.8) is 0 Å². The van der Waals surface area contributed by atoms with Gasteiger partial charge in [0.15, 0.2) is 0 Å². The van der Waals surface area contributed by atoms with E-state index >= 15 is 0 Å². The Balaban J connectivity index is 1.77. The Labute approximate surface area is 136 Å². The first-order valence-corrected chi connectivity index (χ1v) is 8.45. The van der Waals surface area contributed by atoms with E-state index in [0.29, 0.717) is 0 Å². The van der Waals surface area contributed by atoms with Gasteiger partial charge in [0.1, 0.15) is 11.3 Å². The number of ether oxygens (including phenoxy) is 1. The molecule has 0 unspecified atom stereocenters. The minimum Gasteiger partial charge on any atom is -0.494 e.